The Labute approximate surface area is 138 Å². The fourth-order valence-electron chi connectivity index (χ4n) is 2.86. The SMILES string of the molecule is Cc1nc(C(C)(C)C)sc1C(=O)N1CC[C@]2(C1)NC(=O)NC2=O. The van der Waals surface area contributed by atoms with E-state index in [1.807, 2.05) is 6.92 Å². The van der Waals surface area contributed by atoms with Crippen LogP contribution in [0.2, 0.25) is 0 Å². The van der Waals surface area contributed by atoms with E-state index in [0.29, 0.717) is 23.5 Å². The summed E-state index contributed by atoms with van der Waals surface area (Å²) in [7, 11) is 0. The summed E-state index contributed by atoms with van der Waals surface area (Å²) >= 11 is 1.40. The number of rotatable bonds is 1. The van der Waals surface area contributed by atoms with Crippen molar-refractivity contribution >= 4 is 29.2 Å². The van der Waals surface area contributed by atoms with Crippen LogP contribution in [0.5, 0.6) is 0 Å². The second-order valence-electron chi connectivity index (χ2n) is 7.15. The number of thiazole rings is 1. The van der Waals surface area contributed by atoms with Crippen LogP contribution in [-0.4, -0.2) is 46.4 Å². The molecule has 1 aromatic heterocycles. The Balaban J connectivity index is 1.82. The molecule has 0 saturated carbocycles. The third-order valence-electron chi connectivity index (χ3n) is 4.20. The standard InChI is InChI=1S/C15H20N4O3S/c1-8-9(23-12(16-8)14(2,3)4)10(20)19-6-5-15(7-19)11(21)17-13(22)18-15/h5-7H2,1-4H3,(H2,17,18,21,22)/t15-/m1/s1. The highest BCUT2D eigenvalue weighted by Gasteiger charge is 2.52. The molecule has 3 heterocycles. The lowest BCUT2D eigenvalue weighted by Crippen LogP contribution is -2.49. The molecule has 0 radical (unpaired) electrons. The van der Waals surface area contributed by atoms with Gasteiger partial charge in [0.15, 0.2) is 0 Å². The lowest BCUT2D eigenvalue weighted by atomic mass is 9.98. The molecular formula is C15H20N4O3S. The largest absolute Gasteiger partial charge is 0.335 e. The van der Waals surface area contributed by atoms with Gasteiger partial charge in [-0.15, -0.1) is 11.3 Å². The zero-order chi connectivity index (χ0) is 17.0. The maximum absolute atomic E-state index is 12.8. The molecule has 23 heavy (non-hydrogen) atoms. The number of carbonyl (C=O) groups is 3. The molecule has 2 aliphatic heterocycles. The van der Waals surface area contributed by atoms with Crippen LogP contribution in [0.15, 0.2) is 0 Å². The minimum atomic E-state index is -0.974. The second-order valence-corrected chi connectivity index (χ2v) is 8.15. The summed E-state index contributed by atoms with van der Waals surface area (Å²) in [4.78, 5) is 42.9. The van der Waals surface area contributed by atoms with E-state index in [4.69, 9.17) is 0 Å². The Hall–Kier alpha value is -1.96. The molecule has 1 aromatic rings. The first kappa shape index (κ1) is 15.9. The zero-order valence-corrected chi connectivity index (χ0v) is 14.5. The van der Waals surface area contributed by atoms with Gasteiger partial charge in [0, 0.05) is 12.0 Å². The smallest absolute Gasteiger partial charge is 0.322 e. The topological polar surface area (TPSA) is 91.4 Å². The lowest BCUT2D eigenvalue weighted by molar-refractivity contribution is -0.123. The summed E-state index contributed by atoms with van der Waals surface area (Å²) in [6.07, 6.45) is 0.431. The molecule has 0 aliphatic carbocycles. The fourth-order valence-corrected chi connectivity index (χ4v) is 3.95. The van der Waals surface area contributed by atoms with Crippen molar-refractivity contribution in [1.29, 1.82) is 0 Å². The Morgan fingerprint density at radius 1 is 1.35 bits per heavy atom. The maximum Gasteiger partial charge on any atom is 0.322 e. The highest BCUT2D eigenvalue weighted by molar-refractivity contribution is 7.14. The summed E-state index contributed by atoms with van der Waals surface area (Å²) in [6.45, 7) is 8.64. The molecule has 0 bridgehead atoms. The van der Waals surface area contributed by atoms with Gasteiger partial charge in [-0.3, -0.25) is 14.9 Å². The third-order valence-corrected chi connectivity index (χ3v) is 5.77. The number of aromatic nitrogens is 1. The van der Waals surface area contributed by atoms with Gasteiger partial charge in [-0.05, 0) is 13.3 Å². The normalized spacial score (nSPS) is 24.3. The van der Waals surface area contributed by atoms with Gasteiger partial charge in [-0.2, -0.15) is 0 Å². The molecule has 7 nitrogen and oxygen atoms in total. The van der Waals surface area contributed by atoms with Crippen LogP contribution in [0.1, 0.15) is 47.6 Å². The first-order valence-corrected chi connectivity index (χ1v) is 8.35. The van der Waals surface area contributed by atoms with Crippen LogP contribution in [0.4, 0.5) is 4.79 Å². The number of imide groups is 1. The van der Waals surface area contributed by atoms with Crippen molar-refractivity contribution in [3.05, 3.63) is 15.6 Å². The van der Waals surface area contributed by atoms with Crippen molar-refractivity contribution in [3.8, 4) is 0 Å². The summed E-state index contributed by atoms with van der Waals surface area (Å²) in [5.41, 5.74) is -0.372. The quantitative estimate of drug-likeness (QED) is 0.753. The van der Waals surface area contributed by atoms with Gasteiger partial charge >= 0.3 is 6.03 Å². The third kappa shape index (κ3) is 2.60. The van der Waals surface area contributed by atoms with E-state index >= 15 is 0 Å². The van der Waals surface area contributed by atoms with E-state index in [2.05, 4.69) is 36.4 Å². The Bertz CT molecular complexity index is 706. The van der Waals surface area contributed by atoms with Crippen LogP contribution < -0.4 is 10.6 Å². The van der Waals surface area contributed by atoms with Crippen molar-refractivity contribution in [1.82, 2.24) is 20.5 Å². The van der Waals surface area contributed by atoms with Gasteiger partial charge in [-0.25, -0.2) is 9.78 Å². The van der Waals surface area contributed by atoms with E-state index in [1.165, 1.54) is 11.3 Å². The monoisotopic (exact) mass is 336 g/mol. The minimum Gasteiger partial charge on any atom is -0.335 e. The number of nitrogens with one attached hydrogen (secondary N) is 2. The first-order valence-electron chi connectivity index (χ1n) is 7.53. The number of aryl methyl sites for hydroxylation is 1. The number of urea groups is 1. The summed E-state index contributed by atoms with van der Waals surface area (Å²) < 4.78 is 0. The molecule has 8 heteroatoms. The molecule has 0 unspecified atom stereocenters. The highest BCUT2D eigenvalue weighted by Crippen LogP contribution is 2.32. The number of carbonyl (C=O) groups excluding carboxylic acids is 3. The summed E-state index contributed by atoms with van der Waals surface area (Å²) in [6, 6.07) is -0.492. The molecule has 4 amide bonds. The van der Waals surface area contributed by atoms with Crippen molar-refractivity contribution in [2.45, 2.75) is 45.1 Å². The van der Waals surface area contributed by atoms with Gasteiger partial charge in [0.05, 0.1) is 17.2 Å². The molecule has 2 aliphatic rings. The minimum absolute atomic E-state index is 0.112. The predicted molar refractivity (Wildman–Crippen MR) is 85.5 cm³/mol. The van der Waals surface area contributed by atoms with E-state index in [1.54, 1.807) is 4.90 Å². The second kappa shape index (κ2) is 5.02. The molecular weight excluding hydrogens is 316 g/mol. The van der Waals surface area contributed by atoms with Crippen LogP contribution in [0.25, 0.3) is 0 Å². The van der Waals surface area contributed by atoms with Crippen molar-refractivity contribution < 1.29 is 14.4 Å². The molecule has 3 rings (SSSR count). The van der Waals surface area contributed by atoms with Crippen LogP contribution in [0, 0.1) is 6.92 Å². The Kier molecular flexibility index (Phi) is 3.47. The van der Waals surface area contributed by atoms with Crippen LogP contribution >= 0.6 is 11.3 Å². The van der Waals surface area contributed by atoms with Crippen LogP contribution in [0.3, 0.4) is 0 Å². The number of amides is 4. The fraction of sp³-hybridized carbons (Fsp3) is 0.600. The van der Waals surface area contributed by atoms with Gasteiger partial charge in [0.25, 0.3) is 11.8 Å². The van der Waals surface area contributed by atoms with Gasteiger partial charge in [-0.1, -0.05) is 20.8 Å². The van der Waals surface area contributed by atoms with Gasteiger partial charge < -0.3 is 10.2 Å². The number of hydrogen-bond donors (Lipinski definition) is 2. The van der Waals surface area contributed by atoms with E-state index in [-0.39, 0.29) is 23.8 Å². The van der Waals surface area contributed by atoms with E-state index in [9.17, 15) is 14.4 Å². The van der Waals surface area contributed by atoms with Crippen LogP contribution in [-0.2, 0) is 10.2 Å². The predicted octanol–water partition coefficient (Wildman–Crippen LogP) is 1.17. The summed E-state index contributed by atoms with van der Waals surface area (Å²) in [5.74, 6) is -0.476. The van der Waals surface area contributed by atoms with Gasteiger partial charge in [0.1, 0.15) is 10.4 Å². The van der Waals surface area contributed by atoms with E-state index < -0.39 is 11.6 Å². The molecule has 2 N–H and O–H groups in total. The molecule has 2 fully saturated rings. The number of hydrogen-bond acceptors (Lipinski definition) is 5. The summed E-state index contributed by atoms with van der Waals surface area (Å²) in [5, 5.41) is 5.82. The molecule has 1 spiro atoms. The maximum atomic E-state index is 12.8. The van der Waals surface area contributed by atoms with Crippen molar-refractivity contribution in [2.24, 2.45) is 0 Å². The Morgan fingerprint density at radius 3 is 2.57 bits per heavy atom. The van der Waals surface area contributed by atoms with Gasteiger partial charge in [0.2, 0.25) is 0 Å². The molecule has 2 saturated heterocycles. The average molecular weight is 336 g/mol. The van der Waals surface area contributed by atoms with Crippen molar-refractivity contribution in [3.63, 3.8) is 0 Å². The van der Waals surface area contributed by atoms with E-state index in [0.717, 1.165) is 5.01 Å². The lowest BCUT2D eigenvalue weighted by Gasteiger charge is -2.20. The molecule has 124 valence electrons. The Morgan fingerprint density at radius 2 is 2.04 bits per heavy atom. The first-order chi connectivity index (χ1) is 10.6. The highest BCUT2D eigenvalue weighted by atomic mass is 32.1. The average Bonchev–Trinajstić information content (AvgIpc) is 3.08. The van der Waals surface area contributed by atoms with Crippen molar-refractivity contribution in [2.75, 3.05) is 13.1 Å². The molecule has 0 aromatic carbocycles. The molecule has 1 atom stereocenters. The zero-order valence-electron chi connectivity index (χ0n) is 13.6. The number of nitrogens with zero attached hydrogens (tertiary/aromatic N) is 2. The number of likely N-dealkylation sites (tertiary alicyclic amines) is 1.